The largest absolute Gasteiger partial charge is 0.392 e. The minimum absolute atomic E-state index is 0.0552. The normalized spacial score (nSPS) is 37.9. The predicted octanol–water partition coefficient (Wildman–Crippen LogP) is 2.66. The summed E-state index contributed by atoms with van der Waals surface area (Å²) >= 11 is 0. The molecule has 1 saturated carbocycles. The highest BCUT2D eigenvalue weighted by Crippen LogP contribution is 2.39. The SMILES string of the molecule is CC(C)(C)C1CCC(N2CCC(O)C2)CC1. The Morgan fingerprint density at radius 3 is 2.06 bits per heavy atom. The molecular formula is C14H27NO. The number of likely N-dealkylation sites (tertiary alicyclic amines) is 1. The molecule has 2 nitrogen and oxygen atoms in total. The Bertz CT molecular complexity index is 225. The zero-order valence-corrected chi connectivity index (χ0v) is 11.1. The van der Waals surface area contributed by atoms with E-state index in [9.17, 15) is 5.11 Å². The summed E-state index contributed by atoms with van der Waals surface area (Å²) in [5, 5.41) is 9.57. The van der Waals surface area contributed by atoms with Crippen molar-refractivity contribution in [3.8, 4) is 0 Å². The van der Waals surface area contributed by atoms with Gasteiger partial charge in [-0.1, -0.05) is 20.8 Å². The Kier molecular flexibility index (Phi) is 3.60. The molecule has 2 fully saturated rings. The Balaban J connectivity index is 1.81. The Labute approximate surface area is 100 Å². The zero-order chi connectivity index (χ0) is 11.8. The Hall–Kier alpha value is -0.0800. The molecule has 2 rings (SSSR count). The van der Waals surface area contributed by atoms with E-state index in [1.165, 1.54) is 25.7 Å². The molecule has 0 aromatic carbocycles. The van der Waals surface area contributed by atoms with Crippen molar-refractivity contribution in [1.82, 2.24) is 4.90 Å². The molecule has 0 spiro atoms. The van der Waals surface area contributed by atoms with Gasteiger partial charge in [-0.2, -0.15) is 0 Å². The quantitative estimate of drug-likeness (QED) is 0.741. The number of rotatable bonds is 1. The number of hydrogen-bond donors (Lipinski definition) is 1. The lowest BCUT2D eigenvalue weighted by Gasteiger charge is -2.40. The zero-order valence-electron chi connectivity index (χ0n) is 11.1. The number of nitrogens with zero attached hydrogens (tertiary/aromatic N) is 1. The van der Waals surface area contributed by atoms with Gasteiger partial charge >= 0.3 is 0 Å². The van der Waals surface area contributed by atoms with E-state index in [1.54, 1.807) is 0 Å². The fourth-order valence-corrected chi connectivity index (χ4v) is 3.41. The van der Waals surface area contributed by atoms with E-state index in [2.05, 4.69) is 25.7 Å². The van der Waals surface area contributed by atoms with Crippen molar-refractivity contribution in [1.29, 1.82) is 0 Å². The lowest BCUT2D eigenvalue weighted by molar-refractivity contribution is 0.0976. The Morgan fingerprint density at radius 2 is 1.62 bits per heavy atom. The molecule has 0 aromatic heterocycles. The van der Waals surface area contributed by atoms with Crippen LogP contribution in [0.3, 0.4) is 0 Å². The maximum absolute atomic E-state index is 9.57. The van der Waals surface area contributed by atoms with Crippen LogP contribution in [0.4, 0.5) is 0 Å². The first kappa shape index (κ1) is 12.4. The highest BCUT2D eigenvalue weighted by Gasteiger charge is 2.34. The van der Waals surface area contributed by atoms with Gasteiger partial charge in [0.05, 0.1) is 6.10 Å². The molecule has 0 aromatic rings. The molecule has 1 heterocycles. The van der Waals surface area contributed by atoms with Crippen LogP contribution in [-0.2, 0) is 0 Å². The average molecular weight is 225 g/mol. The maximum atomic E-state index is 9.57. The number of hydrogen-bond acceptors (Lipinski definition) is 2. The van der Waals surface area contributed by atoms with Gasteiger partial charge in [0, 0.05) is 19.1 Å². The lowest BCUT2D eigenvalue weighted by atomic mass is 9.71. The van der Waals surface area contributed by atoms with Crippen LogP contribution < -0.4 is 0 Å². The Morgan fingerprint density at radius 1 is 1.00 bits per heavy atom. The van der Waals surface area contributed by atoms with Crippen LogP contribution in [0.1, 0.15) is 52.9 Å². The first-order valence-electron chi connectivity index (χ1n) is 6.89. The molecule has 1 unspecified atom stereocenters. The molecule has 1 aliphatic carbocycles. The van der Waals surface area contributed by atoms with E-state index in [0.29, 0.717) is 5.41 Å². The number of aliphatic hydroxyl groups excluding tert-OH is 1. The summed E-state index contributed by atoms with van der Waals surface area (Å²) in [5.41, 5.74) is 0.482. The summed E-state index contributed by atoms with van der Waals surface area (Å²) in [6, 6.07) is 0.760. The van der Waals surface area contributed by atoms with Gasteiger partial charge in [-0.25, -0.2) is 0 Å². The van der Waals surface area contributed by atoms with Gasteiger partial charge < -0.3 is 5.11 Å². The molecule has 2 aliphatic rings. The van der Waals surface area contributed by atoms with E-state index < -0.39 is 0 Å². The predicted molar refractivity (Wildman–Crippen MR) is 67.4 cm³/mol. The second kappa shape index (κ2) is 4.66. The third-order valence-corrected chi connectivity index (χ3v) is 4.63. The molecule has 0 bridgehead atoms. The van der Waals surface area contributed by atoms with Gasteiger partial charge in [-0.3, -0.25) is 4.90 Å². The molecule has 1 aliphatic heterocycles. The molecule has 94 valence electrons. The van der Waals surface area contributed by atoms with Crippen LogP contribution in [-0.4, -0.2) is 35.2 Å². The molecule has 0 radical (unpaired) electrons. The lowest BCUT2D eigenvalue weighted by Crippen LogP contribution is -2.39. The fraction of sp³-hybridized carbons (Fsp3) is 1.00. The minimum atomic E-state index is -0.0552. The molecule has 0 amide bonds. The third-order valence-electron chi connectivity index (χ3n) is 4.63. The summed E-state index contributed by atoms with van der Waals surface area (Å²) in [6.45, 7) is 9.16. The summed E-state index contributed by atoms with van der Waals surface area (Å²) in [4.78, 5) is 2.52. The van der Waals surface area contributed by atoms with Crippen LogP contribution in [0.25, 0.3) is 0 Å². The van der Waals surface area contributed by atoms with E-state index in [-0.39, 0.29) is 6.10 Å². The van der Waals surface area contributed by atoms with E-state index >= 15 is 0 Å². The highest BCUT2D eigenvalue weighted by atomic mass is 16.3. The van der Waals surface area contributed by atoms with Crippen molar-refractivity contribution in [3.05, 3.63) is 0 Å². The topological polar surface area (TPSA) is 23.5 Å². The van der Waals surface area contributed by atoms with Gasteiger partial charge in [0.25, 0.3) is 0 Å². The van der Waals surface area contributed by atoms with E-state index in [0.717, 1.165) is 31.5 Å². The number of β-amino-alcohol motifs (C(OH)–C–C–N with tert-alkyl or cyclic N) is 1. The van der Waals surface area contributed by atoms with E-state index in [4.69, 9.17) is 0 Å². The van der Waals surface area contributed by atoms with Crippen molar-refractivity contribution in [2.75, 3.05) is 13.1 Å². The van der Waals surface area contributed by atoms with Crippen LogP contribution >= 0.6 is 0 Å². The van der Waals surface area contributed by atoms with Crippen molar-refractivity contribution < 1.29 is 5.11 Å². The fourth-order valence-electron chi connectivity index (χ4n) is 3.41. The van der Waals surface area contributed by atoms with Crippen molar-refractivity contribution >= 4 is 0 Å². The molecule has 16 heavy (non-hydrogen) atoms. The van der Waals surface area contributed by atoms with Crippen molar-refractivity contribution in [2.45, 2.75) is 65.0 Å². The van der Waals surface area contributed by atoms with Crippen LogP contribution in [0, 0.1) is 11.3 Å². The van der Waals surface area contributed by atoms with Crippen LogP contribution in [0.15, 0.2) is 0 Å². The summed E-state index contributed by atoms with van der Waals surface area (Å²) in [7, 11) is 0. The van der Waals surface area contributed by atoms with Gasteiger partial charge in [0.15, 0.2) is 0 Å². The number of aliphatic hydroxyl groups is 1. The molecule has 1 saturated heterocycles. The van der Waals surface area contributed by atoms with Gasteiger partial charge in [0.1, 0.15) is 0 Å². The monoisotopic (exact) mass is 225 g/mol. The second-order valence-corrected chi connectivity index (χ2v) is 6.81. The summed E-state index contributed by atoms with van der Waals surface area (Å²) < 4.78 is 0. The van der Waals surface area contributed by atoms with Crippen molar-refractivity contribution in [3.63, 3.8) is 0 Å². The maximum Gasteiger partial charge on any atom is 0.0679 e. The van der Waals surface area contributed by atoms with Gasteiger partial charge in [-0.05, 0) is 43.4 Å². The highest BCUT2D eigenvalue weighted by molar-refractivity contribution is 4.87. The van der Waals surface area contributed by atoms with Crippen molar-refractivity contribution in [2.24, 2.45) is 11.3 Å². The summed E-state index contributed by atoms with van der Waals surface area (Å²) in [5.74, 6) is 0.899. The molecule has 1 N–H and O–H groups in total. The molecule has 2 heteroatoms. The average Bonchev–Trinajstić information content (AvgIpc) is 2.64. The first-order valence-corrected chi connectivity index (χ1v) is 6.89. The van der Waals surface area contributed by atoms with Crippen LogP contribution in [0.5, 0.6) is 0 Å². The molecule has 1 atom stereocenters. The van der Waals surface area contributed by atoms with Gasteiger partial charge in [-0.15, -0.1) is 0 Å². The third kappa shape index (κ3) is 2.78. The van der Waals surface area contributed by atoms with Crippen LogP contribution in [0.2, 0.25) is 0 Å². The smallest absolute Gasteiger partial charge is 0.0679 e. The first-order chi connectivity index (χ1) is 7.47. The standard InChI is InChI=1S/C14H27NO/c1-14(2,3)11-4-6-12(7-5-11)15-9-8-13(16)10-15/h11-13,16H,4-10H2,1-3H3. The second-order valence-electron chi connectivity index (χ2n) is 6.81. The van der Waals surface area contributed by atoms with E-state index in [1.807, 2.05) is 0 Å². The van der Waals surface area contributed by atoms with Gasteiger partial charge in [0.2, 0.25) is 0 Å². The minimum Gasteiger partial charge on any atom is -0.392 e. The molecular weight excluding hydrogens is 198 g/mol. The summed E-state index contributed by atoms with van der Waals surface area (Å²) in [6.07, 6.45) is 6.37.